The van der Waals surface area contributed by atoms with E-state index in [-0.39, 0.29) is 5.41 Å². The van der Waals surface area contributed by atoms with Gasteiger partial charge < -0.3 is 9.47 Å². The molecule has 0 N–H and O–H groups in total. The predicted octanol–water partition coefficient (Wildman–Crippen LogP) is 19.4. The van der Waals surface area contributed by atoms with Crippen molar-refractivity contribution in [1.29, 1.82) is 0 Å². The second kappa shape index (κ2) is 17.0. The highest BCUT2D eigenvalue weighted by atomic mass is 15.1. The molecule has 1 aromatic heterocycles. The Morgan fingerprint density at radius 3 is 1.70 bits per heavy atom. The van der Waals surface area contributed by atoms with E-state index in [1.165, 1.54) is 105 Å². The molecule has 13 aromatic rings. The second-order valence-electron chi connectivity index (χ2n) is 21.2. The minimum atomic E-state index is -0.557. The third kappa shape index (κ3) is 6.53. The van der Waals surface area contributed by atoms with Crippen LogP contribution in [-0.4, -0.2) is 4.57 Å². The predicted molar refractivity (Wildman–Crippen MR) is 319 cm³/mol. The number of nitrogens with zero attached hydrogens (tertiary/aromatic N) is 2. The number of para-hydroxylation sites is 2. The average Bonchev–Trinajstić information content (AvgIpc) is 4.28. The highest BCUT2D eigenvalue weighted by Crippen LogP contribution is 2.60. The van der Waals surface area contributed by atoms with Gasteiger partial charge >= 0.3 is 0 Å². The summed E-state index contributed by atoms with van der Waals surface area (Å²) in [7, 11) is 0. The first kappa shape index (κ1) is 44.0. The van der Waals surface area contributed by atoms with Gasteiger partial charge in [-0.1, -0.05) is 226 Å². The SMILES string of the molecule is CC1(C)c2cc(-c3ccccc3)ccc2-c2cc(-c3ccc4c5ccccc5n(-c5ccc6ccccc6c5)c4c3)cc(N(c3ccccc3)c3ccc4c(c3)C(c3ccccc3)(c3ccccc3)c3ccccc3-4)c21. The Hall–Kier alpha value is -9.50. The minimum Gasteiger partial charge on any atom is -0.310 e. The van der Waals surface area contributed by atoms with Crippen molar-refractivity contribution >= 4 is 49.6 Å². The second-order valence-corrected chi connectivity index (χ2v) is 21.2. The molecule has 2 heteroatoms. The number of hydrogen-bond acceptors (Lipinski definition) is 1. The van der Waals surface area contributed by atoms with Crippen LogP contribution in [0, 0.1) is 0 Å². The Morgan fingerprint density at radius 2 is 0.921 bits per heavy atom. The molecule has 0 bridgehead atoms. The lowest BCUT2D eigenvalue weighted by molar-refractivity contribution is 0.661. The Labute approximate surface area is 444 Å². The number of anilines is 3. The highest BCUT2D eigenvalue weighted by molar-refractivity contribution is 6.11. The first-order chi connectivity index (χ1) is 37.4. The van der Waals surface area contributed by atoms with E-state index in [2.05, 4.69) is 302 Å². The molecule has 0 fully saturated rings. The summed E-state index contributed by atoms with van der Waals surface area (Å²) >= 11 is 0. The van der Waals surface area contributed by atoms with Crippen LogP contribution in [-0.2, 0) is 10.8 Å². The fraction of sp³-hybridized carbons (Fsp3) is 0.0541. The van der Waals surface area contributed by atoms with Crippen LogP contribution in [0.15, 0.2) is 279 Å². The van der Waals surface area contributed by atoms with Crippen molar-refractivity contribution in [3.63, 3.8) is 0 Å². The maximum atomic E-state index is 2.56. The van der Waals surface area contributed by atoms with Crippen molar-refractivity contribution in [3.8, 4) is 50.2 Å². The largest absolute Gasteiger partial charge is 0.310 e. The lowest BCUT2D eigenvalue weighted by Gasteiger charge is -2.36. The van der Waals surface area contributed by atoms with Crippen molar-refractivity contribution in [3.05, 3.63) is 312 Å². The summed E-state index contributed by atoms with van der Waals surface area (Å²) in [6.07, 6.45) is 0. The van der Waals surface area contributed by atoms with Crippen molar-refractivity contribution in [2.45, 2.75) is 24.7 Å². The Kier molecular flexibility index (Phi) is 9.86. The van der Waals surface area contributed by atoms with E-state index >= 15 is 0 Å². The van der Waals surface area contributed by atoms with Gasteiger partial charge in [-0.3, -0.25) is 0 Å². The lowest BCUT2D eigenvalue weighted by Crippen LogP contribution is -2.28. The third-order valence-corrected chi connectivity index (χ3v) is 16.8. The van der Waals surface area contributed by atoms with E-state index in [1.54, 1.807) is 0 Å². The van der Waals surface area contributed by atoms with Gasteiger partial charge in [-0.25, -0.2) is 0 Å². The maximum absolute atomic E-state index is 2.56. The molecule has 0 saturated heterocycles. The van der Waals surface area contributed by atoms with Crippen LogP contribution in [0.5, 0.6) is 0 Å². The normalized spacial score (nSPS) is 13.6. The quantitative estimate of drug-likeness (QED) is 0.147. The molecule has 0 aliphatic heterocycles. The van der Waals surface area contributed by atoms with Crippen molar-refractivity contribution in [2.24, 2.45) is 0 Å². The molecule has 0 saturated carbocycles. The smallest absolute Gasteiger partial charge is 0.0714 e. The van der Waals surface area contributed by atoms with Gasteiger partial charge in [0.15, 0.2) is 0 Å². The number of fused-ring (bicyclic) bond motifs is 10. The number of benzene rings is 12. The maximum Gasteiger partial charge on any atom is 0.0714 e. The standard InChI is InChI=1S/C74H52N2/c1-73(2)67-45-52(49-21-7-3-8-22-49)36-40-62(67)65-44-54(53-37-41-64-63-32-18-20-34-69(63)76(70(64)46-53)58-38-35-50-23-15-16-24-51(50)43-58)47-71(72(65)73)75(57-29-13-6-14-30-57)59-39-42-61-60-31-17-19-33-66(60)74(68(61)48-59,55-25-9-4-10-26-55)56-27-11-5-12-28-56/h3-48H,1-2H3. The number of aromatic nitrogens is 1. The fourth-order valence-electron chi connectivity index (χ4n) is 13.4. The fourth-order valence-corrected chi connectivity index (χ4v) is 13.4. The summed E-state index contributed by atoms with van der Waals surface area (Å²) in [4.78, 5) is 2.56. The minimum absolute atomic E-state index is 0.367. The monoisotopic (exact) mass is 968 g/mol. The summed E-state index contributed by atoms with van der Waals surface area (Å²) in [5.41, 5.74) is 23.6. The van der Waals surface area contributed by atoms with E-state index < -0.39 is 5.41 Å². The van der Waals surface area contributed by atoms with E-state index in [0.29, 0.717) is 0 Å². The van der Waals surface area contributed by atoms with Crippen LogP contribution >= 0.6 is 0 Å². The highest BCUT2D eigenvalue weighted by Gasteiger charge is 2.47. The van der Waals surface area contributed by atoms with Crippen LogP contribution in [0.3, 0.4) is 0 Å². The third-order valence-electron chi connectivity index (χ3n) is 16.8. The van der Waals surface area contributed by atoms with Gasteiger partial charge in [0.1, 0.15) is 0 Å². The Balaban J connectivity index is 1.01. The van der Waals surface area contributed by atoms with Gasteiger partial charge in [0.25, 0.3) is 0 Å². The molecule has 0 amide bonds. The molecule has 2 aliphatic rings. The summed E-state index contributed by atoms with van der Waals surface area (Å²) in [5, 5.41) is 4.94. The molecule has 0 atom stereocenters. The van der Waals surface area contributed by atoms with Crippen molar-refractivity contribution in [2.75, 3.05) is 4.90 Å². The van der Waals surface area contributed by atoms with Gasteiger partial charge in [-0.2, -0.15) is 0 Å². The zero-order chi connectivity index (χ0) is 50.5. The molecule has 2 nitrogen and oxygen atoms in total. The topological polar surface area (TPSA) is 8.17 Å². The molecular formula is C74H52N2. The first-order valence-corrected chi connectivity index (χ1v) is 26.6. The number of hydrogen-bond donors (Lipinski definition) is 0. The van der Waals surface area contributed by atoms with Crippen LogP contribution < -0.4 is 4.90 Å². The van der Waals surface area contributed by atoms with Crippen LogP contribution in [0.25, 0.3) is 82.8 Å². The Bertz CT molecular complexity index is 4380. The molecule has 0 spiro atoms. The van der Waals surface area contributed by atoms with E-state index in [4.69, 9.17) is 0 Å². The zero-order valence-corrected chi connectivity index (χ0v) is 42.5. The van der Waals surface area contributed by atoms with Gasteiger partial charge in [-0.15, -0.1) is 0 Å². The van der Waals surface area contributed by atoms with E-state index in [0.717, 1.165) is 28.3 Å². The van der Waals surface area contributed by atoms with Crippen molar-refractivity contribution in [1.82, 2.24) is 4.57 Å². The molecule has 1 heterocycles. The van der Waals surface area contributed by atoms with E-state index in [1.807, 2.05) is 0 Å². The number of rotatable bonds is 8. The molecule has 2 aliphatic carbocycles. The van der Waals surface area contributed by atoms with Gasteiger partial charge in [-0.05, 0) is 155 Å². The Morgan fingerprint density at radius 1 is 0.329 bits per heavy atom. The van der Waals surface area contributed by atoms with Crippen LogP contribution in [0.2, 0.25) is 0 Å². The summed E-state index contributed by atoms with van der Waals surface area (Å²) in [5.74, 6) is 0. The van der Waals surface area contributed by atoms with Crippen LogP contribution in [0.1, 0.15) is 47.2 Å². The first-order valence-electron chi connectivity index (χ1n) is 26.6. The molecular weight excluding hydrogens is 917 g/mol. The van der Waals surface area contributed by atoms with Crippen molar-refractivity contribution < 1.29 is 0 Å². The molecule has 76 heavy (non-hydrogen) atoms. The lowest BCUT2D eigenvalue weighted by atomic mass is 9.67. The molecule has 15 rings (SSSR count). The molecule has 358 valence electrons. The summed E-state index contributed by atoms with van der Waals surface area (Å²) < 4.78 is 2.46. The van der Waals surface area contributed by atoms with Gasteiger partial charge in [0.05, 0.1) is 22.1 Å². The van der Waals surface area contributed by atoms with E-state index in [9.17, 15) is 0 Å². The summed E-state index contributed by atoms with van der Waals surface area (Å²) in [6, 6.07) is 104. The molecule has 0 radical (unpaired) electrons. The summed E-state index contributed by atoms with van der Waals surface area (Å²) in [6.45, 7) is 4.87. The zero-order valence-electron chi connectivity index (χ0n) is 42.5. The average molecular weight is 969 g/mol. The van der Waals surface area contributed by atoms with Gasteiger partial charge in [0, 0.05) is 33.2 Å². The van der Waals surface area contributed by atoms with Gasteiger partial charge in [0.2, 0.25) is 0 Å². The molecule has 0 unspecified atom stereocenters. The van der Waals surface area contributed by atoms with Crippen LogP contribution in [0.4, 0.5) is 17.1 Å². The molecule has 12 aromatic carbocycles.